The zero-order valence-corrected chi connectivity index (χ0v) is 9.15. The van der Waals surface area contributed by atoms with E-state index in [9.17, 15) is 13.6 Å². The number of nitrogens with one attached hydrogen (secondary N) is 1. The Morgan fingerprint density at radius 1 is 1.06 bits per heavy atom. The van der Waals surface area contributed by atoms with Crippen LogP contribution >= 0.6 is 0 Å². The second-order valence-corrected chi connectivity index (χ2v) is 3.60. The number of rotatable bonds is 2. The van der Waals surface area contributed by atoms with Gasteiger partial charge in [-0.05, 0) is 24.3 Å². The van der Waals surface area contributed by atoms with Gasteiger partial charge in [-0.25, -0.2) is 13.6 Å². The van der Waals surface area contributed by atoms with Crippen LogP contribution in [0.4, 0.5) is 19.3 Å². The molecule has 0 atom stereocenters. The average molecular weight is 249 g/mol. The molecule has 1 amide bonds. The maximum Gasteiger partial charge on any atom is 0.409 e. The maximum atomic E-state index is 13.6. The minimum absolute atomic E-state index is 0.0133. The van der Waals surface area contributed by atoms with E-state index in [0.29, 0.717) is 0 Å². The second-order valence-electron chi connectivity index (χ2n) is 3.60. The molecule has 0 fully saturated rings. The average Bonchev–Trinajstić information content (AvgIpc) is 2.32. The highest BCUT2D eigenvalue weighted by Crippen LogP contribution is 2.30. The monoisotopic (exact) mass is 249 g/mol. The molecule has 2 aromatic carbocycles. The third-order valence-corrected chi connectivity index (χ3v) is 2.39. The van der Waals surface area contributed by atoms with Crippen LogP contribution in [0.3, 0.4) is 0 Å². The molecule has 0 saturated carbocycles. The predicted molar refractivity (Wildman–Crippen MR) is 63.4 cm³/mol. The van der Waals surface area contributed by atoms with Gasteiger partial charge in [0.05, 0.1) is 5.69 Å². The van der Waals surface area contributed by atoms with E-state index >= 15 is 0 Å². The van der Waals surface area contributed by atoms with Crippen molar-refractivity contribution in [3.8, 4) is 11.1 Å². The number of anilines is 1. The standard InChI is InChI=1S/C13H9F2NO2/c14-8-5-6-11(15)10(7-8)9-3-1-2-4-12(9)16-13(17)18/h1-7,16H,(H,17,18). The van der Waals surface area contributed by atoms with Crippen LogP contribution in [0, 0.1) is 11.6 Å². The van der Waals surface area contributed by atoms with Gasteiger partial charge >= 0.3 is 6.09 Å². The van der Waals surface area contributed by atoms with Crippen molar-refractivity contribution in [2.24, 2.45) is 0 Å². The molecule has 3 nitrogen and oxygen atoms in total. The van der Waals surface area contributed by atoms with Gasteiger partial charge in [-0.3, -0.25) is 5.32 Å². The van der Waals surface area contributed by atoms with Crippen molar-refractivity contribution in [1.82, 2.24) is 0 Å². The van der Waals surface area contributed by atoms with Gasteiger partial charge in [0.2, 0.25) is 0 Å². The molecule has 0 heterocycles. The Morgan fingerprint density at radius 2 is 1.78 bits per heavy atom. The summed E-state index contributed by atoms with van der Waals surface area (Å²) in [6.45, 7) is 0. The Morgan fingerprint density at radius 3 is 2.50 bits per heavy atom. The Kier molecular flexibility index (Phi) is 3.23. The van der Waals surface area contributed by atoms with Crippen molar-refractivity contribution >= 4 is 11.8 Å². The molecule has 92 valence electrons. The molecule has 0 bridgehead atoms. The zero-order valence-electron chi connectivity index (χ0n) is 9.15. The van der Waals surface area contributed by atoms with E-state index in [1.807, 2.05) is 0 Å². The second kappa shape index (κ2) is 4.83. The SMILES string of the molecule is O=C(O)Nc1ccccc1-c1cc(F)ccc1F. The first-order chi connectivity index (χ1) is 8.58. The van der Waals surface area contributed by atoms with Crippen LogP contribution in [0.5, 0.6) is 0 Å². The summed E-state index contributed by atoms with van der Waals surface area (Å²) in [6.07, 6.45) is -1.26. The number of hydrogen-bond acceptors (Lipinski definition) is 1. The van der Waals surface area contributed by atoms with Crippen LogP contribution in [0.1, 0.15) is 0 Å². The molecule has 0 aliphatic rings. The highest BCUT2D eigenvalue weighted by atomic mass is 19.1. The fraction of sp³-hybridized carbons (Fsp3) is 0. The van der Waals surface area contributed by atoms with E-state index in [0.717, 1.165) is 18.2 Å². The molecule has 2 N–H and O–H groups in total. The third kappa shape index (κ3) is 2.45. The van der Waals surface area contributed by atoms with Crippen molar-refractivity contribution in [1.29, 1.82) is 0 Å². The Labute approximate surface area is 102 Å². The fourth-order valence-electron chi connectivity index (χ4n) is 1.65. The van der Waals surface area contributed by atoms with Gasteiger partial charge < -0.3 is 5.11 Å². The largest absolute Gasteiger partial charge is 0.465 e. The number of carbonyl (C=O) groups is 1. The smallest absolute Gasteiger partial charge is 0.409 e. The number of para-hydroxylation sites is 1. The molecular weight excluding hydrogens is 240 g/mol. The third-order valence-electron chi connectivity index (χ3n) is 2.39. The van der Waals surface area contributed by atoms with Crippen LogP contribution in [0.15, 0.2) is 42.5 Å². The number of hydrogen-bond donors (Lipinski definition) is 2. The van der Waals surface area contributed by atoms with Gasteiger partial charge in [0.25, 0.3) is 0 Å². The number of carboxylic acid groups (broad SMARTS) is 1. The lowest BCUT2D eigenvalue weighted by atomic mass is 10.0. The highest BCUT2D eigenvalue weighted by Gasteiger charge is 2.11. The molecule has 0 unspecified atom stereocenters. The first-order valence-electron chi connectivity index (χ1n) is 5.12. The van der Waals surface area contributed by atoms with E-state index in [1.54, 1.807) is 12.1 Å². The highest BCUT2D eigenvalue weighted by molar-refractivity contribution is 5.90. The lowest BCUT2D eigenvalue weighted by Crippen LogP contribution is -2.08. The van der Waals surface area contributed by atoms with Gasteiger partial charge in [-0.2, -0.15) is 0 Å². The van der Waals surface area contributed by atoms with Crippen LogP contribution in [0.2, 0.25) is 0 Å². The summed E-state index contributed by atoms with van der Waals surface area (Å²) in [7, 11) is 0. The van der Waals surface area contributed by atoms with Gasteiger partial charge in [-0.1, -0.05) is 18.2 Å². The van der Waals surface area contributed by atoms with Crippen LogP contribution in [-0.2, 0) is 0 Å². The molecule has 0 aliphatic carbocycles. The minimum atomic E-state index is -1.26. The number of halogens is 2. The molecule has 0 spiro atoms. The molecule has 0 saturated heterocycles. The molecular formula is C13H9F2NO2. The summed E-state index contributed by atoms with van der Waals surface area (Å²) < 4.78 is 26.8. The Balaban J connectivity index is 2.56. The summed E-state index contributed by atoms with van der Waals surface area (Å²) in [5.41, 5.74) is 0.505. The molecule has 0 aromatic heterocycles. The summed E-state index contributed by atoms with van der Waals surface area (Å²) in [6, 6.07) is 9.25. The summed E-state index contributed by atoms with van der Waals surface area (Å²) in [5, 5.41) is 10.8. The van der Waals surface area contributed by atoms with Gasteiger partial charge in [0, 0.05) is 11.1 Å². The van der Waals surface area contributed by atoms with Gasteiger partial charge in [0.1, 0.15) is 11.6 Å². The van der Waals surface area contributed by atoms with E-state index < -0.39 is 17.7 Å². The zero-order chi connectivity index (χ0) is 13.1. The van der Waals surface area contributed by atoms with Crippen LogP contribution in [0.25, 0.3) is 11.1 Å². The molecule has 0 aliphatic heterocycles. The molecule has 0 radical (unpaired) electrons. The summed E-state index contributed by atoms with van der Waals surface area (Å²) in [5.74, 6) is -1.20. The number of amides is 1. The Hall–Kier alpha value is -2.43. The number of benzene rings is 2. The normalized spacial score (nSPS) is 10.1. The van der Waals surface area contributed by atoms with Crippen molar-refractivity contribution in [2.45, 2.75) is 0 Å². The maximum absolute atomic E-state index is 13.6. The first kappa shape index (κ1) is 12.0. The molecule has 2 rings (SSSR count). The van der Waals surface area contributed by atoms with Crippen molar-refractivity contribution in [3.63, 3.8) is 0 Å². The van der Waals surface area contributed by atoms with E-state index in [4.69, 9.17) is 5.11 Å². The van der Waals surface area contributed by atoms with Crippen molar-refractivity contribution < 1.29 is 18.7 Å². The molecule has 5 heteroatoms. The van der Waals surface area contributed by atoms with Crippen LogP contribution in [-0.4, -0.2) is 11.2 Å². The van der Waals surface area contributed by atoms with E-state index in [1.165, 1.54) is 12.1 Å². The van der Waals surface area contributed by atoms with Crippen molar-refractivity contribution in [2.75, 3.05) is 5.32 Å². The summed E-state index contributed by atoms with van der Waals surface area (Å²) >= 11 is 0. The predicted octanol–water partition coefficient (Wildman–Crippen LogP) is 3.72. The van der Waals surface area contributed by atoms with Gasteiger partial charge in [-0.15, -0.1) is 0 Å². The first-order valence-corrected chi connectivity index (χ1v) is 5.12. The lowest BCUT2D eigenvalue weighted by molar-refractivity contribution is 0.210. The van der Waals surface area contributed by atoms with E-state index in [-0.39, 0.29) is 16.8 Å². The Bertz CT molecular complexity index is 599. The fourth-order valence-corrected chi connectivity index (χ4v) is 1.65. The van der Waals surface area contributed by atoms with E-state index in [2.05, 4.69) is 5.32 Å². The summed E-state index contributed by atoms with van der Waals surface area (Å²) in [4.78, 5) is 10.6. The van der Waals surface area contributed by atoms with Crippen LogP contribution < -0.4 is 5.32 Å². The van der Waals surface area contributed by atoms with Crippen molar-refractivity contribution in [3.05, 3.63) is 54.1 Å². The minimum Gasteiger partial charge on any atom is -0.465 e. The quantitative estimate of drug-likeness (QED) is 0.852. The topological polar surface area (TPSA) is 49.3 Å². The lowest BCUT2D eigenvalue weighted by Gasteiger charge is -2.10. The molecule has 2 aromatic rings. The molecule has 18 heavy (non-hydrogen) atoms. The van der Waals surface area contributed by atoms with Gasteiger partial charge in [0.15, 0.2) is 0 Å².